The van der Waals surface area contributed by atoms with E-state index in [0.717, 1.165) is 12.1 Å². The van der Waals surface area contributed by atoms with Gasteiger partial charge in [0.2, 0.25) is 0 Å². The van der Waals surface area contributed by atoms with Gasteiger partial charge >= 0.3 is 6.36 Å². The number of benzene rings is 1. The van der Waals surface area contributed by atoms with E-state index in [4.69, 9.17) is 0 Å². The lowest BCUT2D eigenvalue weighted by molar-refractivity contribution is -0.274. The van der Waals surface area contributed by atoms with Crippen molar-refractivity contribution in [1.29, 1.82) is 0 Å². The summed E-state index contributed by atoms with van der Waals surface area (Å²) in [5, 5.41) is 12.4. The Morgan fingerprint density at radius 2 is 1.80 bits per heavy atom. The van der Waals surface area contributed by atoms with Crippen LogP contribution in [-0.2, 0) is 6.54 Å². The maximum absolute atomic E-state index is 12.0. The van der Waals surface area contributed by atoms with Crippen LogP contribution in [0.4, 0.5) is 13.2 Å². The zero-order valence-corrected chi connectivity index (χ0v) is 11.6. The Morgan fingerprint density at radius 3 is 2.30 bits per heavy atom. The molecule has 2 atom stereocenters. The van der Waals surface area contributed by atoms with Crippen LogP contribution in [0.25, 0.3) is 0 Å². The number of hydrogen-bond donors (Lipinski definition) is 2. The van der Waals surface area contributed by atoms with Crippen LogP contribution in [0, 0.1) is 5.92 Å². The van der Waals surface area contributed by atoms with E-state index in [0.29, 0.717) is 18.9 Å². The van der Waals surface area contributed by atoms with Crippen LogP contribution in [0.3, 0.4) is 0 Å². The Labute approximate surface area is 116 Å². The van der Waals surface area contributed by atoms with Crippen molar-refractivity contribution >= 4 is 0 Å². The highest BCUT2D eigenvalue weighted by atomic mass is 19.4. The van der Waals surface area contributed by atoms with Gasteiger partial charge in [-0.2, -0.15) is 0 Å². The second kappa shape index (κ2) is 7.50. The Bertz CT molecular complexity index is 390. The molecule has 2 unspecified atom stereocenters. The molecule has 0 spiro atoms. The van der Waals surface area contributed by atoms with Crippen LogP contribution in [0.15, 0.2) is 24.3 Å². The molecule has 0 saturated carbocycles. The Hall–Kier alpha value is -1.27. The van der Waals surface area contributed by atoms with Gasteiger partial charge in [0.1, 0.15) is 5.75 Å². The molecule has 0 aliphatic heterocycles. The molecule has 2 N–H and O–H groups in total. The van der Waals surface area contributed by atoms with Crippen molar-refractivity contribution < 1.29 is 23.0 Å². The largest absolute Gasteiger partial charge is 0.573 e. The van der Waals surface area contributed by atoms with Crippen LogP contribution < -0.4 is 10.1 Å². The standard InChI is InChI=1S/C14H20F3NO2/c1-10(7-11(2)19)8-18-9-12-3-5-13(6-4-12)20-14(15,16)17/h3-6,10-11,18-19H,7-9H2,1-2H3. The van der Waals surface area contributed by atoms with Crippen molar-refractivity contribution in [3.8, 4) is 5.75 Å². The molecule has 0 heterocycles. The van der Waals surface area contributed by atoms with Crippen molar-refractivity contribution in [3.63, 3.8) is 0 Å². The third kappa shape index (κ3) is 7.35. The Morgan fingerprint density at radius 1 is 1.20 bits per heavy atom. The number of nitrogens with one attached hydrogen (secondary N) is 1. The molecule has 0 aromatic heterocycles. The molecule has 0 saturated heterocycles. The van der Waals surface area contributed by atoms with Gasteiger partial charge in [-0.1, -0.05) is 19.1 Å². The molecule has 0 fully saturated rings. The van der Waals surface area contributed by atoms with E-state index in [2.05, 4.69) is 10.1 Å². The minimum atomic E-state index is -4.66. The molecule has 0 aliphatic rings. The van der Waals surface area contributed by atoms with Crippen LogP contribution >= 0.6 is 0 Å². The van der Waals surface area contributed by atoms with Gasteiger partial charge in [-0.05, 0) is 43.5 Å². The number of halogens is 3. The van der Waals surface area contributed by atoms with E-state index < -0.39 is 6.36 Å². The lowest BCUT2D eigenvalue weighted by atomic mass is 10.0. The molecule has 0 bridgehead atoms. The van der Waals surface area contributed by atoms with Gasteiger partial charge in [0, 0.05) is 6.54 Å². The van der Waals surface area contributed by atoms with Crippen molar-refractivity contribution in [2.75, 3.05) is 6.54 Å². The summed E-state index contributed by atoms with van der Waals surface area (Å²) >= 11 is 0. The second-order valence-electron chi connectivity index (χ2n) is 5.01. The second-order valence-corrected chi connectivity index (χ2v) is 5.01. The molecule has 114 valence electrons. The highest BCUT2D eigenvalue weighted by molar-refractivity contribution is 5.27. The fourth-order valence-electron chi connectivity index (χ4n) is 1.94. The fraction of sp³-hybridized carbons (Fsp3) is 0.571. The van der Waals surface area contributed by atoms with Crippen LogP contribution in [0.5, 0.6) is 5.75 Å². The van der Waals surface area contributed by atoms with Crippen molar-refractivity contribution in [2.24, 2.45) is 5.92 Å². The number of rotatable bonds is 7. The molecule has 6 heteroatoms. The number of hydrogen-bond acceptors (Lipinski definition) is 3. The van der Waals surface area contributed by atoms with E-state index in [1.54, 1.807) is 19.1 Å². The highest BCUT2D eigenvalue weighted by Gasteiger charge is 2.30. The SMILES string of the molecule is CC(O)CC(C)CNCc1ccc(OC(F)(F)F)cc1. The summed E-state index contributed by atoms with van der Waals surface area (Å²) in [7, 11) is 0. The lowest BCUT2D eigenvalue weighted by Crippen LogP contribution is -2.23. The maximum Gasteiger partial charge on any atom is 0.573 e. The number of aliphatic hydroxyl groups is 1. The molecule has 1 aromatic rings. The van der Waals surface area contributed by atoms with Gasteiger partial charge < -0.3 is 15.2 Å². The Kier molecular flexibility index (Phi) is 6.29. The zero-order valence-electron chi connectivity index (χ0n) is 11.6. The van der Waals surface area contributed by atoms with Gasteiger partial charge in [0.25, 0.3) is 0 Å². The van der Waals surface area contributed by atoms with Gasteiger partial charge in [0.15, 0.2) is 0 Å². The molecule has 0 amide bonds. The molecule has 1 rings (SSSR count). The van der Waals surface area contributed by atoms with Gasteiger partial charge in [-0.3, -0.25) is 0 Å². The normalized spacial score (nSPS) is 14.9. The summed E-state index contributed by atoms with van der Waals surface area (Å²) in [6.45, 7) is 5.08. The molecule has 0 radical (unpaired) electrons. The first-order valence-electron chi connectivity index (χ1n) is 6.49. The number of ether oxygens (including phenoxy) is 1. The first kappa shape index (κ1) is 16.8. The van der Waals surface area contributed by atoms with Gasteiger partial charge in [-0.25, -0.2) is 0 Å². The van der Waals surface area contributed by atoms with Crippen LogP contribution in [0.2, 0.25) is 0 Å². The van der Waals surface area contributed by atoms with E-state index in [-0.39, 0.29) is 11.9 Å². The van der Waals surface area contributed by atoms with E-state index in [9.17, 15) is 18.3 Å². The fourth-order valence-corrected chi connectivity index (χ4v) is 1.94. The van der Waals surface area contributed by atoms with Crippen LogP contribution in [-0.4, -0.2) is 24.1 Å². The first-order valence-corrected chi connectivity index (χ1v) is 6.49. The molecular weight excluding hydrogens is 271 g/mol. The van der Waals surface area contributed by atoms with Crippen LogP contribution in [0.1, 0.15) is 25.8 Å². The molecule has 1 aromatic carbocycles. The first-order chi connectivity index (χ1) is 9.26. The number of alkyl halides is 3. The minimum absolute atomic E-state index is 0.219. The summed E-state index contributed by atoms with van der Waals surface area (Å²) in [5.74, 6) is 0.117. The maximum atomic E-state index is 12.0. The van der Waals surface area contributed by atoms with E-state index in [1.807, 2.05) is 6.92 Å². The molecule has 0 aliphatic carbocycles. The van der Waals surface area contributed by atoms with E-state index in [1.165, 1.54) is 12.1 Å². The predicted octanol–water partition coefficient (Wildman–Crippen LogP) is 3.08. The monoisotopic (exact) mass is 291 g/mol. The average molecular weight is 291 g/mol. The molecule has 3 nitrogen and oxygen atoms in total. The summed E-state index contributed by atoms with van der Waals surface area (Å²) < 4.78 is 39.7. The molecular formula is C14H20F3NO2. The Balaban J connectivity index is 2.35. The third-order valence-corrected chi connectivity index (χ3v) is 2.72. The lowest BCUT2D eigenvalue weighted by Gasteiger charge is -2.14. The third-order valence-electron chi connectivity index (χ3n) is 2.72. The van der Waals surface area contributed by atoms with Crippen molar-refractivity contribution in [1.82, 2.24) is 5.32 Å². The van der Waals surface area contributed by atoms with Crippen molar-refractivity contribution in [3.05, 3.63) is 29.8 Å². The van der Waals surface area contributed by atoms with Crippen molar-refractivity contribution in [2.45, 2.75) is 39.3 Å². The molecule has 20 heavy (non-hydrogen) atoms. The predicted molar refractivity (Wildman–Crippen MR) is 70.3 cm³/mol. The summed E-state index contributed by atoms with van der Waals surface area (Å²) in [6.07, 6.45) is -4.27. The summed E-state index contributed by atoms with van der Waals surface area (Å²) in [6, 6.07) is 5.77. The van der Waals surface area contributed by atoms with E-state index >= 15 is 0 Å². The summed E-state index contributed by atoms with van der Waals surface area (Å²) in [4.78, 5) is 0. The highest BCUT2D eigenvalue weighted by Crippen LogP contribution is 2.22. The van der Waals surface area contributed by atoms with Gasteiger partial charge in [-0.15, -0.1) is 13.2 Å². The average Bonchev–Trinajstić information content (AvgIpc) is 2.28. The van der Waals surface area contributed by atoms with Gasteiger partial charge in [0.05, 0.1) is 6.10 Å². The topological polar surface area (TPSA) is 41.5 Å². The zero-order chi connectivity index (χ0) is 15.2. The smallest absolute Gasteiger partial charge is 0.406 e. The number of aliphatic hydroxyl groups excluding tert-OH is 1. The minimum Gasteiger partial charge on any atom is -0.406 e. The summed E-state index contributed by atoms with van der Waals surface area (Å²) in [5.41, 5.74) is 0.878. The quantitative estimate of drug-likeness (QED) is 0.811.